The zero-order valence-electron chi connectivity index (χ0n) is 10.5. The van der Waals surface area contributed by atoms with Crippen LogP contribution < -0.4 is 15.4 Å². The number of carbonyl (C=O) groups is 1. The lowest BCUT2D eigenvalue weighted by molar-refractivity contribution is -0.122. The number of nitrogens with one attached hydrogen (secondary N) is 2. The van der Waals surface area contributed by atoms with Gasteiger partial charge in [-0.25, -0.2) is 0 Å². The molecule has 4 heteroatoms. The Labute approximate surface area is 108 Å². The van der Waals surface area contributed by atoms with E-state index in [1.807, 2.05) is 30.3 Å². The fraction of sp³-hybridized carbons (Fsp3) is 0.500. The molecule has 1 heterocycles. The SMILES string of the molecule is O=C1NCCCCC1NCCOc1ccccc1. The first-order valence-electron chi connectivity index (χ1n) is 6.55. The Bertz CT molecular complexity index is 367. The van der Waals surface area contributed by atoms with Crippen LogP contribution in [0, 0.1) is 0 Å². The van der Waals surface area contributed by atoms with Gasteiger partial charge in [0.15, 0.2) is 0 Å². The predicted molar refractivity (Wildman–Crippen MR) is 70.6 cm³/mol. The van der Waals surface area contributed by atoms with Gasteiger partial charge in [-0.3, -0.25) is 4.79 Å². The van der Waals surface area contributed by atoms with Crippen LogP contribution in [0.1, 0.15) is 19.3 Å². The first kappa shape index (κ1) is 12.9. The van der Waals surface area contributed by atoms with Gasteiger partial charge < -0.3 is 15.4 Å². The molecule has 4 nitrogen and oxygen atoms in total. The van der Waals surface area contributed by atoms with Crippen molar-refractivity contribution in [1.29, 1.82) is 0 Å². The van der Waals surface area contributed by atoms with Gasteiger partial charge in [-0.05, 0) is 31.4 Å². The topological polar surface area (TPSA) is 50.4 Å². The highest BCUT2D eigenvalue weighted by atomic mass is 16.5. The normalized spacial score (nSPS) is 20.0. The lowest BCUT2D eigenvalue weighted by Gasteiger charge is -2.15. The third-order valence-electron chi connectivity index (χ3n) is 3.04. The van der Waals surface area contributed by atoms with Crippen molar-refractivity contribution in [3.63, 3.8) is 0 Å². The molecule has 1 aromatic carbocycles. The summed E-state index contributed by atoms with van der Waals surface area (Å²) in [5, 5.41) is 6.16. The molecule has 1 aliphatic rings. The van der Waals surface area contributed by atoms with Crippen molar-refractivity contribution in [2.75, 3.05) is 19.7 Å². The van der Waals surface area contributed by atoms with Crippen LogP contribution in [0.3, 0.4) is 0 Å². The maximum Gasteiger partial charge on any atom is 0.237 e. The van der Waals surface area contributed by atoms with Crippen LogP contribution >= 0.6 is 0 Å². The molecule has 0 spiro atoms. The number of rotatable bonds is 5. The Morgan fingerprint density at radius 2 is 2.11 bits per heavy atom. The predicted octanol–water partition coefficient (Wildman–Crippen LogP) is 1.32. The van der Waals surface area contributed by atoms with Crippen LogP contribution in [0.25, 0.3) is 0 Å². The summed E-state index contributed by atoms with van der Waals surface area (Å²) in [6, 6.07) is 9.65. The number of hydrogen-bond donors (Lipinski definition) is 2. The molecular formula is C14H20N2O2. The maximum atomic E-state index is 11.7. The van der Waals surface area contributed by atoms with Gasteiger partial charge in [-0.2, -0.15) is 0 Å². The van der Waals surface area contributed by atoms with E-state index in [0.717, 1.165) is 31.6 Å². The number of hydrogen-bond acceptors (Lipinski definition) is 3. The number of para-hydroxylation sites is 1. The molecule has 1 atom stereocenters. The van der Waals surface area contributed by atoms with Crippen LogP contribution in [0.4, 0.5) is 0 Å². The van der Waals surface area contributed by atoms with Crippen LogP contribution in [-0.2, 0) is 4.79 Å². The summed E-state index contributed by atoms with van der Waals surface area (Å²) in [4.78, 5) is 11.7. The molecule has 1 fully saturated rings. The summed E-state index contributed by atoms with van der Waals surface area (Å²) >= 11 is 0. The van der Waals surface area contributed by atoms with Gasteiger partial charge in [0.25, 0.3) is 0 Å². The zero-order chi connectivity index (χ0) is 12.6. The zero-order valence-corrected chi connectivity index (χ0v) is 10.5. The van der Waals surface area contributed by atoms with Crippen LogP contribution in [0.5, 0.6) is 5.75 Å². The molecule has 1 saturated heterocycles. The summed E-state index contributed by atoms with van der Waals surface area (Å²) in [6.07, 6.45) is 3.08. The Balaban J connectivity index is 1.67. The van der Waals surface area contributed by atoms with Crippen molar-refractivity contribution in [3.8, 4) is 5.75 Å². The van der Waals surface area contributed by atoms with E-state index >= 15 is 0 Å². The van der Waals surface area contributed by atoms with Crippen LogP contribution in [0.15, 0.2) is 30.3 Å². The van der Waals surface area contributed by atoms with E-state index in [9.17, 15) is 4.79 Å². The molecule has 1 unspecified atom stereocenters. The highest BCUT2D eigenvalue weighted by molar-refractivity contribution is 5.81. The number of carbonyl (C=O) groups excluding carboxylic acids is 1. The average molecular weight is 248 g/mol. The number of amides is 1. The minimum atomic E-state index is -0.0631. The molecule has 98 valence electrons. The Morgan fingerprint density at radius 1 is 1.28 bits per heavy atom. The van der Waals surface area contributed by atoms with Crippen molar-refractivity contribution < 1.29 is 9.53 Å². The smallest absolute Gasteiger partial charge is 0.237 e. The van der Waals surface area contributed by atoms with Gasteiger partial charge in [0.05, 0.1) is 6.04 Å². The second-order valence-corrected chi connectivity index (χ2v) is 4.46. The van der Waals surface area contributed by atoms with E-state index in [0.29, 0.717) is 13.2 Å². The molecule has 2 N–H and O–H groups in total. The molecule has 2 rings (SSSR count). The molecule has 0 radical (unpaired) electrons. The summed E-state index contributed by atoms with van der Waals surface area (Å²) in [7, 11) is 0. The average Bonchev–Trinajstić information content (AvgIpc) is 2.61. The summed E-state index contributed by atoms with van der Waals surface area (Å²) in [5.41, 5.74) is 0. The van der Waals surface area contributed by atoms with E-state index in [1.54, 1.807) is 0 Å². The van der Waals surface area contributed by atoms with E-state index in [1.165, 1.54) is 0 Å². The van der Waals surface area contributed by atoms with E-state index in [-0.39, 0.29) is 11.9 Å². The quantitative estimate of drug-likeness (QED) is 0.773. The minimum Gasteiger partial charge on any atom is -0.492 e. The minimum absolute atomic E-state index is 0.0631. The Morgan fingerprint density at radius 3 is 2.94 bits per heavy atom. The van der Waals surface area contributed by atoms with Crippen molar-refractivity contribution in [3.05, 3.63) is 30.3 Å². The van der Waals surface area contributed by atoms with Crippen LogP contribution in [-0.4, -0.2) is 31.6 Å². The molecule has 0 aliphatic carbocycles. The highest BCUT2D eigenvalue weighted by Gasteiger charge is 2.19. The largest absolute Gasteiger partial charge is 0.492 e. The standard InChI is InChI=1S/C14H20N2O2/c17-14-13(8-4-5-9-16-14)15-10-11-18-12-6-2-1-3-7-12/h1-3,6-7,13,15H,4-5,8-11H2,(H,16,17). The molecule has 1 aromatic rings. The van der Waals surface area contributed by atoms with Gasteiger partial charge in [0.1, 0.15) is 12.4 Å². The van der Waals surface area contributed by atoms with E-state index < -0.39 is 0 Å². The molecule has 0 aromatic heterocycles. The highest BCUT2D eigenvalue weighted by Crippen LogP contribution is 2.08. The van der Waals surface area contributed by atoms with E-state index in [2.05, 4.69) is 10.6 Å². The van der Waals surface area contributed by atoms with Crippen LogP contribution in [0.2, 0.25) is 0 Å². The lowest BCUT2D eigenvalue weighted by Crippen LogP contribution is -2.44. The Hall–Kier alpha value is -1.55. The fourth-order valence-electron chi connectivity index (χ4n) is 2.05. The van der Waals surface area contributed by atoms with Crippen molar-refractivity contribution in [2.45, 2.75) is 25.3 Å². The number of ether oxygens (including phenoxy) is 1. The summed E-state index contributed by atoms with van der Waals surface area (Å²) < 4.78 is 5.57. The van der Waals surface area contributed by atoms with Gasteiger partial charge in [-0.15, -0.1) is 0 Å². The Kier molecular flexibility index (Phi) is 5.02. The maximum absolute atomic E-state index is 11.7. The van der Waals surface area contributed by atoms with Gasteiger partial charge >= 0.3 is 0 Å². The summed E-state index contributed by atoms with van der Waals surface area (Å²) in [6.45, 7) is 2.07. The molecule has 18 heavy (non-hydrogen) atoms. The third kappa shape index (κ3) is 4.04. The number of benzene rings is 1. The lowest BCUT2D eigenvalue weighted by atomic mass is 10.1. The van der Waals surface area contributed by atoms with Gasteiger partial charge in [0.2, 0.25) is 5.91 Å². The second-order valence-electron chi connectivity index (χ2n) is 4.46. The monoisotopic (exact) mass is 248 g/mol. The van der Waals surface area contributed by atoms with Crippen molar-refractivity contribution in [1.82, 2.24) is 10.6 Å². The second kappa shape index (κ2) is 7.01. The molecule has 0 saturated carbocycles. The van der Waals surface area contributed by atoms with Gasteiger partial charge in [-0.1, -0.05) is 18.2 Å². The molecule has 1 aliphatic heterocycles. The van der Waals surface area contributed by atoms with Crippen molar-refractivity contribution in [2.24, 2.45) is 0 Å². The molecule has 1 amide bonds. The van der Waals surface area contributed by atoms with E-state index in [4.69, 9.17) is 4.74 Å². The summed E-state index contributed by atoms with van der Waals surface area (Å²) in [5.74, 6) is 0.983. The first-order valence-corrected chi connectivity index (χ1v) is 6.55. The molecule has 0 bridgehead atoms. The fourth-order valence-corrected chi connectivity index (χ4v) is 2.05. The molecular weight excluding hydrogens is 228 g/mol. The first-order chi connectivity index (χ1) is 8.86. The van der Waals surface area contributed by atoms with Gasteiger partial charge in [0, 0.05) is 13.1 Å². The third-order valence-corrected chi connectivity index (χ3v) is 3.04. The van der Waals surface area contributed by atoms with Crippen molar-refractivity contribution >= 4 is 5.91 Å².